The molecule has 44 valence electrons. The van der Waals surface area contributed by atoms with Gasteiger partial charge in [-0.2, -0.15) is 0 Å². The van der Waals surface area contributed by atoms with Crippen LogP contribution in [0.2, 0.25) is 13.6 Å². The van der Waals surface area contributed by atoms with Crippen molar-refractivity contribution in [1.82, 2.24) is 11.0 Å². The summed E-state index contributed by atoms with van der Waals surface area (Å²) in [7, 11) is 4.15. The minimum atomic E-state index is 0. The second kappa shape index (κ2) is 4.15. The quantitative estimate of drug-likeness (QED) is 0.500. The summed E-state index contributed by atoms with van der Waals surface area (Å²) < 4.78 is 0. The Bertz CT molecular complexity index is 30.7. The van der Waals surface area contributed by atoms with Gasteiger partial charge in [0, 0.05) is 0 Å². The van der Waals surface area contributed by atoms with Crippen molar-refractivity contribution < 1.29 is 0 Å². The zero-order valence-corrected chi connectivity index (χ0v) is 5.73. The summed E-state index contributed by atoms with van der Waals surface area (Å²) in [5.41, 5.74) is 0. The van der Waals surface area contributed by atoms with Gasteiger partial charge in [0.1, 0.15) is 0 Å². The van der Waals surface area contributed by atoms with Crippen molar-refractivity contribution in [2.75, 3.05) is 14.1 Å². The Kier molecular flexibility index (Phi) is 5.97. The normalized spacial score (nSPS) is 8.14. The highest BCUT2D eigenvalue weighted by molar-refractivity contribution is 6.52. The molecule has 0 aliphatic rings. The molecule has 0 aromatic carbocycles. The lowest BCUT2D eigenvalue weighted by Gasteiger charge is -2.08. The molecule has 2 nitrogen and oxygen atoms in total. The highest BCUT2D eigenvalue weighted by atomic mass is 15.0. The van der Waals surface area contributed by atoms with Gasteiger partial charge < -0.3 is 11.0 Å². The standard InChI is InChI=1S/C4H12BN.H3N/c1-5(2)6(3)4;/h1-4H3;1H3. The van der Waals surface area contributed by atoms with E-state index in [4.69, 9.17) is 0 Å². The van der Waals surface area contributed by atoms with Gasteiger partial charge in [0.15, 0.2) is 0 Å². The van der Waals surface area contributed by atoms with E-state index in [9.17, 15) is 0 Å². The molecular weight excluding hydrogens is 86.9 g/mol. The molecule has 3 heteroatoms. The maximum atomic E-state index is 2.17. The van der Waals surface area contributed by atoms with Gasteiger partial charge >= 0.3 is 0 Å². The van der Waals surface area contributed by atoms with Crippen LogP contribution in [-0.4, -0.2) is 25.8 Å². The second-order valence-electron chi connectivity index (χ2n) is 2.06. The molecule has 0 fully saturated rings. The third kappa shape index (κ3) is 5.98. The van der Waals surface area contributed by atoms with Crippen LogP contribution in [0.5, 0.6) is 0 Å². The predicted molar refractivity (Wildman–Crippen MR) is 36.2 cm³/mol. The maximum Gasteiger partial charge on any atom is 0.216 e. The largest absolute Gasteiger partial charge is 0.348 e. The van der Waals surface area contributed by atoms with Gasteiger partial charge in [-0.05, 0) is 14.1 Å². The predicted octanol–water partition coefficient (Wildman–Crippen LogP) is 0.961. The Morgan fingerprint density at radius 1 is 1.14 bits per heavy atom. The summed E-state index contributed by atoms with van der Waals surface area (Å²) in [5.74, 6) is 0. The van der Waals surface area contributed by atoms with Crippen LogP contribution in [0.1, 0.15) is 0 Å². The van der Waals surface area contributed by atoms with E-state index >= 15 is 0 Å². The molecule has 0 heterocycles. The van der Waals surface area contributed by atoms with Crippen molar-refractivity contribution in [2.24, 2.45) is 0 Å². The first-order valence-corrected chi connectivity index (χ1v) is 2.31. The fraction of sp³-hybridized carbons (Fsp3) is 1.00. The SMILES string of the molecule is CB(C)N(C)C.N. The summed E-state index contributed by atoms with van der Waals surface area (Å²) in [6.07, 6.45) is 0. The third-order valence-electron chi connectivity index (χ3n) is 1.03. The number of nitrogens with zero attached hydrogens (tertiary/aromatic N) is 1. The summed E-state index contributed by atoms with van der Waals surface area (Å²) in [6, 6.07) is 0. The van der Waals surface area contributed by atoms with Crippen molar-refractivity contribution in [2.45, 2.75) is 13.6 Å². The molecule has 0 rings (SSSR count). The van der Waals surface area contributed by atoms with Crippen LogP contribution in [0, 0.1) is 0 Å². The summed E-state index contributed by atoms with van der Waals surface area (Å²) in [6.45, 7) is 5.02. The molecule has 0 aromatic rings. The minimum Gasteiger partial charge on any atom is -0.348 e. The topological polar surface area (TPSA) is 38.2 Å². The molecule has 0 saturated carbocycles. The van der Waals surface area contributed by atoms with Crippen molar-refractivity contribution >= 4 is 6.85 Å². The van der Waals surface area contributed by atoms with Crippen molar-refractivity contribution in [1.29, 1.82) is 0 Å². The molecular formula is C4H15BN2. The van der Waals surface area contributed by atoms with Gasteiger partial charge in [0.2, 0.25) is 6.85 Å². The highest BCUT2D eigenvalue weighted by Crippen LogP contribution is 1.79. The first-order chi connectivity index (χ1) is 2.64. The number of hydrogen-bond acceptors (Lipinski definition) is 2. The van der Waals surface area contributed by atoms with E-state index in [1.807, 2.05) is 0 Å². The van der Waals surface area contributed by atoms with Crippen LogP contribution >= 0.6 is 0 Å². The summed E-state index contributed by atoms with van der Waals surface area (Å²) in [5, 5.41) is 0. The van der Waals surface area contributed by atoms with Crippen LogP contribution in [0.3, 0.4) is 0 Å². The van der Waals surface area contributed by atoms with Gasteiger partial charge in [0.05, 0.1) is 0 Å². The van der Waals surface area contributed by atoms with Gasteiger partial charge in [-0.25, -0.2) is 0 Å². The molecule has 0 aliphatic carbocycles. The van der Waals surface area contributed by atoms with E-state index < -0.39 is 0 Å². The van der Waals surface area contributed by atoms with Crippen molar-refractivity contribution in [3.63, 3.8) is 0 Å². The zero-order valence-electron chi connectivity index (χ0n) is 5.73. The maximum absolute atomic E-state index is 2.17. The minimum absolute atomic E-state index is 0. The summed E-state index contributed by atoms with van der Waals surface area (Å²) in [4.78, 5) is 2.17. The van der Waals surface area contributed by atoms with Crippen molar-refractivity contribution in [3.05, 3.63) is 0 Å². The Morgan fingerprint density at radius 2 is 1.29 bits per heavy atom. The van der Waals surface area contributed by atoms with E-state index in [2.05, 4.69) is 32.6 Å². The zero-order chi connectivity index (χ0) is 5.15. The lowest BCUT2D eigenvalue weighted by molar-refractivity contribution is 0.648. The van der Waals surface area contributed by atoms with Crippen LogP contribution in [0.4, 0.5) is 0 Å². The van der Waals surface area contributed by atoms with Gasteiger partial charge in [-0.1, -0.05) is 13.6 Å². The van der Waals surface area contributed by atoms with E-state index in [0.29, 0.717) is 6.85 Å². The molecule has 7 heavy (non-hydrogen) atoms. The molecule has 0 bridgehead atoms. The van der Waals surface area contributed by atoms with Crippen LogP contribution in [0.25, 0.3) is 0 Å². The lowest BCUT2D eigenvalue weighted by atomic mass is 9.67. The Morgan fingerprint density at radius 3 is 1.29 bits per heavy atom. The number of hydrogen-bond donors (Lipinski definition) is 1. The van der Waals surface area contributed by atoms with E-state index in [1.54, 1.807) is 0 Å². The fourth-order valence-corrected chi connectivity index (χ4v) is 0. The molecule has 0 aliphatic heterocycles. The summed E-state index contributed by atoms with van der Waals surface area (Å²) >= 11 is 0. The van der Waals surface area contributed by atoms with Crippen molar-refractivity contribution in [3.8, 4) is 0 Å². The van der Waals surface area contributed by atoms with Gasteiger partial charge in [-0.15, -0.1) is 0 Å². The molecule has 0 amide bonds. The van der Waals surface area contributed by atoms with Crippen LogP contribution in [-0.2, 0) is 0 Å². The Balaban J connectivity index is 0. The smallest absolute Gasteiger partial charge is 0.216 e. The average Bonchev–Trinajstić information content (AvgIpc) is 1.36. The third-order valence-corrected chi connectivity index (χ3v) is 1.03. The van der Waals surface area contributed by atoms with Gasteiger partial charge in [0.25, 0.3) is 0 Å². The van der Waals surface area contributed by atoms with E-state index in [-0.39, 0.29) is 6.15 Å². The van der Waals surface area contributed by atoms with Crippen LogP contribution < -0.4 is 6.15 Å². The second-order valence-corrected chi connectivity index (χ2v) is 2.06. The fourth-order valence-electron chi connectivity index (χ4n) is 0. The molecule has 0 spiro atoms. The van der Waals surface area contributed by atoms with E-state index in [0.717, 1.165) is 0 Å². The van der Waals surface area contributed by atoms with Crippen LogP contribution in [0.15, 0.2) is 0 Å². The first-order valence-electron chi connectivity index (χ1n) is 2.31. The molecule has 0 unspecified atom stereocenters. The Hall–Kier alpha value is -0.0151. The van der Waals surface area contributed by atoms with Gasteiger partial charge in [-0.3, -0.25) is 0 Å². The highest BCUT2D eigenvalue weighted by Gasteiger charge is 1.97. The molecule has 0 atom stereocenters. The first kappa shape index (κ1) is 10.1. The molecule has 3 N–H and O–H groups in total. The molecule has 0 saturated heterocycles. The monoisotopic (exact) mass is 102 g/mol. The number of rotatable bonds is 1. The average molecular weight is 102 g/mol. The molecule has 0 radical (unpaired) electrons. The Labute approximate surface area is 46.6 Å². The molecule has 0 aromatic heterocycles. The lowest BCUT2D eigenvalue weighted by Crippen LogP contribution is -2.25. The van der Waals surface area contributed by atoms with E-state index in [1.165, 1.54) is 0 Å².